The Morgan fingerprint density at radius 3 is 2.60 bits per heavy atom. The monoisotopic (exact) mass is 267 g/mol. The molecule has 0 aliphatic carbocycles. The molecule has 0 fully saturated rings. The Labute approximate surface area is 115 Å². The lowest BCUT2D eigenvalue weighted by molar-refractivity contribution is 0.913. The molecule has 7 heteroatoms. The van der Waals surface area contributed by atoms with Gasteiger partial charge in [0.2, 0.25) is 11.9 Å². The number of hydrogen-bond donors (Lipinski definition) is 2. The van der Waals surface area contributed by atoms with E-state index in [4.69, 9.17) is 5.73 Å². The van der Waals surface area contributed by atoms with Crippen molar-refractivity contribution in [2.45, 2.75) is 0 Å². The van der Waals surface area contributed by atoms with Crippen LogP contribution in [0.25, 0.3) is 11.4 Å². The highest BCUT2D eigenvalue weighted by molar-refractivity contribution is 5.59. The van der Waals surface area contributed by atoms with Gasteiger partial charge in [-0.25, -0.2) is 4.98 Å². The van der Waals surface area contributed by atoms with Crippen molar-refractivity contribution in [3.8, 4) is 11.4 Å². The van der Waals surface area contributed by atoms with E-state index in [-0.39, 0.29) is 5.95 Å². The van der Waals surface area contributed by atoms with Crippen LogP contribution in [-0.2, 0) is 7.05 Å². The van der Waals surface area contributed by atoms with Gasteiger partial charge in [0, 0.05) is 18.8 Å². The molecule has 3 aromatic rings. The highest BCUT2D eigenvalue weighted by Crippen LogP contribution is 2.18. The first kappa shape index (κ1) is 12.1. The van der Waals surface area contributed by atoms with Crippen LogP contribution in [-0.4, -0.2) is 24.5 Å². The zero-order valence-corrected chi connectivity index (χ0v) is 10.9. The van der Waals surface area contributed by atoms with Crippen molar-refractivity contribution < 1.29 is 0 Å². The van der Waals surface area contributed by atoms with Gasteiger partial charge >= 0.3 is 0 Å². The Kier molecular flexibility index (Phi) is 3.00. The van der Waals surface area contributed by atoms with Gasteiger partial charge in [-0.3, -0.25) is 0 Å². The summed E-state index contributed by atoms with van der Waals surface area (Å²) in [6, 6.07) is 9.60. The minimum absolute atomic E-state index is 0.164. The third kappa shape index (κ3) is 2.56. The average molecular weight is 267 g/mol. The lowest BCUT2D eigenvalue weighted by atomic mass is 10.2. The molecule has 3 rings (SSSR count). The average Bonchev–Trinajstić information content (AvgIpc) is 2.84. The van der Waals surface area contributed by atoms with Crippen molar-refractivity contribution >= 4 is 17.7 Å². The van der Waals surface area contributed by atoms with E-state index in [9.17, 15) is 0 Å². The third-order valence-electron chi connectivity index (χ3n) is 2.63. The quantitative estimate of drug-likeness (QED) is 0.748. The summed E-state index contributed by atoms with van der Waals surface area (Å²) in [6.45, 7) is 0. The molecule has 1 aromatic carbocycles. The van der Waals surface area contributed by atoms with Gasteiger partial charge < -0.3 is 15.6 Å². The molecule has 0 aliphatic rings. The molecule has 0 saturated carbocycles. The Bertz CT molecular complexity index is 721. The summed E-state index contributed by atoms with van der Waals surface area (Å²) in [5, 5.41) is 3.00. The number of anilines is 3. The number of rotatable bonds is 3. The number of benzene rings is 1. The Balaban J connectivity index is 1.94. The summed E-state index contributed by atoms with van der Waals surface area (Å²) in [6.07, 6.45) is 3.51. The lowest BCUT2D eigenvalue weighted by Gasteiger charge is -2.05. The normalized spacial score (nSPS) is 10.4. The zero-order chi connectivity index (χ0) is 13.9. The Hall–Kier alpha value is -2.96. The van der Waals surface area contributed by atoms with Crippen LogP contribution in [0, 0.1) is 0 Å². The van der Waals surface area contributed by atoms with Gasteiger partial charge in [0.1, 0.15) is 0 Å². The molecule has 0 radical (unpaired) electrons. The van der Waals surface area contributed by atoms with Crippen molar-refractivity contribution in [2.75, 3.05) is 11.1 Å². The molecule has 20 heavy (non-hydrogen) atoms. The van der Waals surface area contributed by atoms with Crippen molar-refractivity contribution in [1.29, 1.82) is 0 Å². The van der Waals surface area contributed by atoms with Crippen molar-refractivity contribution in [1.82, 2.24) is 24.5 Å². The summed E-state index contributed by atoms with van der Waals surface area (Å²) < 4.78 is 1.82. The maximum absolute atomic E-state index is 5.73. The summed E-state index contributed by atoms with van der Waals surface area (Å²) in [7, 11) is 1.88. The molecule has 7 nitrogen and oxygen atoms in total. The predicted molar refractivity (Wildman–Crippen MR) is 76.2 cm³/mol. The summed E-state index contributed by atoms with van der Waals surface area (Å²) in [4.78, 5) is 16.7. The molecule has 0 atom stereocenters. The smallest absolute Gasteiger partial charge is 0.233 e. The topological polar surface area (TPSA) is 94.5 Å². The number of nitrogen functional groups attached to an aromatic ring is 1. The largest absolute Gasteiger partial charge is 0.368 e. The fourth-order valence-electron chi connectivity index (χ4n) is 1.76. The van der Waals surface area contributed by atoms with E-state index in [1.807, 2.05) is 48.1 Å². The van der Waals surface area contributed by atoms with E-state index in [0.717, 1.165) is 5.56 Å². The maximum atomic E-state index is 5.73. The summed E-state index contributed by atoms with van der Waals surface area (Å²) in [5.74, 6) is 1.71. The van der Waals surface area contributed by atoms with E-state index in [2.05, 4.69) is 25.3 Å². The second-order valence-electron chi connectivity index (χ2n) is 4.26. The van der Waals surface area contributed by atoms with E-state index in [1.165, 1.54) is 0 Å². The molecular formula is C13H13N7. The SMILES string of the molecule is Cn1cnc(Nc2nc(N)nc(-c3ccccc3)n2)c1. The number of aromatic nitrogens is 5. The Morgan fingerprint density at radius 2 is 1.90 bits per heavy atom. The van der Waals surface area contributed by atoms with Gasteiger partial charge in [0.05, 0.1) is 6.33 Å². The predicted octanol–water partition coefficient (Wildman–Crippen LogP) is 1.60. The Morgan fingerprint density at radius 1 is 1.10 bits per heavy atom. The zero-order valence-electron chi connectivity index (χ0n) is 10.9. The van der Waals surface area contributed by atoms with Crippen molar-refractivity contribution in [3.05, 3.63) is 42.9 Å². The second kappa shape index (κ2) is 4.96. The number of aryl methyl sites for hydroxylation is 1. The van der Waals surface area contributed by atoms with E-state index < -0.39 is 0 Å². The molecule has 0 spiro atoms. The number of nitrogens with two attached hydrogens (primary N) is 1. The van der Waals surface area contributed by atoms with Crippen LogP contribution in [0.4, 0.5) is 17.7 Å². The van der Waals surface area contributed by atoms with Crippen LogP contribution in [0.15, 0.2) is 42.9 Å². The standard InChI is InChI=1S/C13H13N7/c1-20-7-10(15-8-20)16-13-18-11(17-12(14)19-13)9-5-3-2-4-6-9/h2-8H,1H3,(H3,14,16,17,18,19). The summed E-state index contributed by atoms with van der Waals surface area (Å²) in [5.41, 5.74) is 6.61. The maximum Gasteiger partial charge on any atom is 0.233 e. The van der Waals surface area contributed by atoms with Crippen molar-refractivity contribution in [3.63, 3.8) is 0 Å². The van der Waals surface area contributed by atoms with Gasteiger partial charge in [-0.05, 0) is 0 Å². The van der Waals surface area contributed by atoms with E-state index in [1.54, 1.807) is 6.33 Å². The minimum Gasteiger partial charge on any atom is -0.368 e. The molecule has 0 aliphatic heterocycles. The van der Waals surface area contributed by atoms with Crippen molar-refractivity contribution in [2.24, 2.45) is 7.05 Å². The van der Waals surface area contributed by atoms with E-state index >= 15 is 0 Å². The van der Waals surface area contributed by atoms with Gasteiger partial charge in [0.15, 0.2) is 11.6 Å². The molecule has 0 saturated heterocycles. The van der Waals surface area contributed by atoms with Crippen LogP contribution in [0.3, 0.4) is 0 Å². The first-order valence-corrected chi connectivity index (χ1v) is 6.03. The molecule has 3 N–H and O–H groups in total. The van der Waals surface area contributed by atoms with Gasteiger partial charge in [-0.2, -0.15) is 15.0 Å². The fraction of sp³-hybridized carbons (Fsp3) is 0.0769. The van der Waals surface area contributed by atoms with Gasteiger partial charge in [-0.15, -0.1) is 0 Å². The van der Waals surface area contributed by atoms with Crippen LogP contribution >= 0.6 is 0 Å². The molecule has 100 valence electrons. The highest BCUT2D eigenvalue weighted by atomic mass is 15.2. The fourth-order valence-corrected chi connectivity index (χ4v) is 1.76. The minimum atomic E-state index is 0.164. The molecule has 2 heterocycles. The molecule has 0 unspecified atom stereocenters. The number of hydrogen-bond acceptors (Lipinski definition) is 6. The van der Waals surface area contributed by atoms with Crippen LogP contribution in [0.1, 0.15) is 0 Å². The van der Waals surface area contributed by atoms with Crippen LogP contribution < -0.4 is 11.1 Å². The number of imidazole rings is 1. The number of nitrogens with one attached hydrogen (secondary N) is 1. The van der Waals surface area contributed by atoms with E-state index in [0.29, 0.717) is 17.6 Å². The second-order valence-corrected chi connectivity index (χ2v) is 4.26. The molecular weight excluding hydrogens is 254 g/mol. The molecule has 2 aromatic heterocycles. The number of nitrogens with zero attached hydrogens (tertiary/aromatic N) is 5. The molecule has 0 amide bonds. The third-order valence-corrected chi connectivity index (χ3v) is 2.63. The summed E-state index contributed by atoms with van der Waals surface area (Å²) >= 11 is 0. The van der Waals surface area contributed by atoms with Gasteiger partial charge in [0.25, 0.3) is 0 Å². The lowest BCUT2D eigenvalue weighted by Crippen LogP contribution is -2.05. The first-order chi connectivity index (χ1) is 9.70. The first-order valence-electron chi connectivity index (χ1n) is 6.03. The van der Waals surface area contributed by atoms with Crippen LogP contribution in [0.2, 0.25) is 0 Å². The molecule has 0 bridgehead atoms. The van der Waals surface area contributed by atoms with Crippen LogP contribution in [0.5, 0.6) is 0 Å². The van der Waals surface area contributed by atoms with Gasteiger partial charge in [-0.1, -0.05) is 30.3 Å². The highest BCUT2D eigenvalue weighted by Gasteiger charge is 2.07.